The van der Waals surface area contributed by atoms with Crippen molar-refractivity contribution in [3.05, 3.63) is 28.8 Å². The number of carbonyl (C=O) groups excluding carboxylic acids is 2. The summed E-state index contributed by atoms with van der Waals surface area (Å²) in [5.41, 5.74) is -0.364. The van der Waals surface area contributed by atoms with Crippen LogP contribution in [0.4, 0.5) is 10.5 Å². The molecule has 1 unspecified atom stereocenters. The minimum Gasteiger partial charge on any atom is -0.459 e. The van der Waals surface area contributed by atoms with Gasteiger partial charge < -0.3 is 25.8 Å². The molecule has 146 valence electrons. The van der Waals surface area contributed by atoms with Crippen LogP contribution < -0.4 is 16.0 Å². The van der Waals surface area contributed by atoms with Gasteiger partial charge in [0.05, 0.1) is 28.0 Å². The molecule has 1 aliphatic rings. The van der Waals surface area contributed by atoms with Crippen LogP contribution in [0, 0.1) is 0 Å². The van der Waals surface area contributed by atoms with Crippen molar-refractivity contribution < 1.29 is 19.4 Å². The van der Waals surface area contributed by atoms with Gasteiger partial charge in [0.15, 0.2) is 0 Å². The number of piperidine rings is 1. The third-order valence-corrected chi connectivity index (χ3v) is 4.15. The summed E-state index contributed by atoms with van der Waals surface area (Å²) in [5.74, 6) is -0.488. The maximum absolute atomic E-state index is 12.1. The highest BCUT2D eigenvalue weighted by atomic mass is 35.5. The lowest BCUT2D eigenvalue weighted by Gasteiger charge is -2.32. The minimum absolute atomic E-state index is 0. The molecule has 0 radical (unpaired) electrons. The van der Waals surface area contributed by atoms with Crippen LogP contribution >= 0.6 is 24.0 Å². The summed E-state index contributed by atoms with van der Waals surface area (Å²) in [5, 5.41) is 19.0. The molecule has 0 saturated carbocycles. The Morgan fingerprint density at radius 1 is 1.42 bits per heavy atom. The molecule has 0 aromatic heterocycles. The number of hydrogen-bond acceptors (Lipinski definition) is 5. The Bertz CT molecular complexity index is 634. The molecule has 2 rings (SSSR count). The van der Waals surface area contributed by atoms with Gasteiger partial charge in [0.1, 0.15) is 0 Å². The Hall–Kier alpha value is -1.54. The predicted molar refractivity (Wildman–Crippen MR) is 103 cm³/mol. The van der Waals surface area contributed by atoms with Crippen molar-refractivity contribution in [2.24, 2.45) is 0 Å². The number of halogens is 2. The first kappa shape index (κ1) is 22.5. The molecule has 0 bridgehead atoms. The molecule has 4 N–H and O–H groups in total. The van der Waals surface area contributed by atoms with Crippen LogP contribution in [-0.4, -0.2) is 48.4 Å². The van der Waals surface area contributed by atoms with E-state index in [4.69, 9.17) is 16.3 Å². The Labute approximate surface area is 164 Å². The maximum Gasteiger partial charge on any atom is 0.338 e. The van der Waals surface area contributed by atoms with Crippen LogP contribution in [-0.2, 0) is 4.74 Å². The number of carbonyl (C=O) groups is 2. The highest BCUT2D eigenvalue weighted by molar-refractivity contribution is 6.33. The number of benzene rings is 1. The molecule has 1 aromatic carbocycles. The van der Waals surface area contributed by atoms with E-state index in [1.54, 1.807) is 13.8 Å². The highest BCUT2D eigenvalue weighted by Crippen LogP contribution is 2.24. The summed E-state index contributed by atoms with van der Waals surface area (Å²) in [6.45, 7) is 4.93. The van der Waals surface area contributed by atoms with Crippen molar-refractivity contribution in [3.63, 3.8) is 0 Å². The van der Waals surface area contributed by atoms with Gasteiger partial charge in [0, 0.05) is 13.1 Å². The number of ether oxygens (including phenoxy) is 1. The number of aliphatic hydroxyl groups is 1. The van der Waals surface area contributed by atoms with Crippen LogP contribution in [0.3, 0.4) is 0 Å². The highest BCUT2D eigenvalue weighted by Gasteiger charge is 2.29. The fourth-order valence-electron chi connectivity index (χ4n) is 2.54. The lowest BCUT2D eigenvalue weighted by molar-refractivity contribution is 0.0198. The molecule has 9 heteroatoms. The molecule has 1 atom stereocenters. The summed E-state index contributed by atoms with van der Waals surface area (Å²) < 4.78 is 5.13. The van der Waals surface area contributed by atoms with Gasteiger partial charge in [0.2, 0.25) is 0 Å². The van der Waals surface area contributed by atoms with E-state index in [0.29, 0.717) is 29.2 Å². The third kappa shape index (κ3) is 6.64. The zero-order chi connectivity index (χ0) is 18.4. The summed E-state index contributed by atoms with van der Waals surface area (Å²) in [6, 6.07) is 4.01. The van der Waals surface area contributed by atoms with E-state index in [0.717, 1.165) is 13.0 Å². The van der Waals surface area contributed by atoms with Gasteiger partial charge in [-0.2, -0.15) is 0 Å². The van der Waals surface area contributed by atoms with Crippen LogP contribution in [0.5, 0.6) is 0 Å². The number of urea groups is 1. The van der Waals surface area contributed by atoms with E-state index in [1.807, 2.05) is 0 Å². The fourth-order valence-corrected chi connectivity index (χ4v) is 2.71. The van der Waals surface area contributed by atoms with Crippen molar-refractivity contribution in [1.29, 1.82) is 0 Å². The second-order valence-electron chi connectivity index (χ2n) is 6.46. The first-order valence-electron chi connectivity index (χ1n) is 8.27. The van der Waals surface area contributed by atoms with Crippen molar-refractivity contribution in [2.75, 3.05) is 25.0 Å². The van der Waals surface area contributed by atoms with Crippen LogP contribution in [0.1, 0.15) is 37.0 Å². The Balaban J connectivity index is 0.00000338. The molecule has 26 heavy (non-hydrogen) atoms. The largest absolute Gasteiger partial charge is 0.459 e. The van der Waals surface area contributed by atoms with Gasteiger partial charge in [-0.25, -0.2) is 9.59 Å². The number of amides is 2. The fraction of sp³-hybridized carbons (Fsp3) is 0.529. The first-order chi connectivity index (χ1) is 11.8. The van der Waals surface area contributed by atoms with Crippen LogP contribution in [0.25, 0.3) is 0 Å². The van der Waals surface area contributed by atoms with E-state index in [2.05, 4.69) is 16.0 Å². The molecule has 1 aromatic rings. The van der Waals surface area contributed by atoms with Crippen LogP contribution in [0.15, 0.2) is 18.2 Å². The summed E-state index contributed by atoms with van der Waals surface area (Å²) in [6.07, 6.45) is 1.23. The molecule has 1 aliphatic heterocycles. The Morgan fingerprint density at radius 3 is 2.77 bits per heavy atom. The van der Waals surface area contributed by atoms with Gasteiger partial charge in [0.25, 0.3) is 0 Å². The minimum atomic E-state index is -0.956. The number of esters is 1. The SMILES string of the molecule is CC(C)OC(=O)c1ccc(Cl)c(NC(=O)NCC2(O)CCCNC2)c1.Cl. The second kappa shape index (κ2) is 9.97. The topological polar surface area (TPSA) is 99.7 Å². The molecule has 7 nitrogen and oxygen atoms in total. The summed E-state index contributed by atoms with van der Waals surface area (Å²) in [4.78, 5) is 24.0. The van der Waals surface area contributed by atoms with E-state index in [1.165, 1.54) is 18.2 Å². The van der Waals surface area contributed by atoms with Crippen molar-refractivity contribution in [3.8, 4) is 0 Å². The number of β-amino-alcohol motifs (C(OH)–C–C–N with tert-alkyl or cyclic N) is 1. The maximum atomic E-state index is 12.1. The Kier molecular flexibility index (Phi) is 8.62. The number of nitrogens with one attached hydrogen (secondary N) is 3. The zero-order valence-corrected chi connectivity index (χ0v) is 16.4. The summed E-state index contributed by atoms with van der Waals surface area (Å²) >= 11 is 6.07. The molecular formula is C17H25Cl2N3O4. The van der Waals surface area contributed by atoms with Gasteiger partial charge in [-0.3, -0.25) is 0 Å². The van der Waals surface area contributed by atoms with E-state index < -0.39 is 17.6 Å². The van der Waals surface area contributed by atoms with E-state index in [9.17, 15) is 14.7 Å². The van der Waals surface area contributed by atoms with E-state index in [-0.39, 0.29) is 25.1 Å². The average molecular weight is 406 g/mol. The predicted octanol–water partition coefficient (Wildman–Crippen LogP) is 2.56. The average Bonchev–Trinajstić information content (AvgIpc) is 2.55. The van der Waals surface area contributed by atoms with Gasteiger partial charge in [-0.15, -0.1) is 12.4 Å². The number of anilines is 1. The summed E-state index contributed by atoms with van der Waals surface area (Å²) in [7, 11) is 0. The van der Waals surface area contributed by atoms with Gasteiger partial charge >= 0.3 is 12.0 Å². The van der Waals surface area contributed by atoms with E-state index >= 15 is 0 Å². The zero-order valence-electron chi connectivity index (χ0n) is 14.8. The second-order valence-corrected chi connectivity index (χ2v) is 6.87. The van der Waals surface area contributed by atoms with Gasteiger partial charge in [-0.1, -0.05) is 11.6 Å². The smallest absolute Gasteiger partial charge is 0.338 e. The van der Waals surface area contributed by atoms with Crippen molar-refractivity contribution >= 4 is 41.7 Å². The lowest BCUT2D eigenvalue weighted by Crippen LogP contribution is -2.53. The molecule has 1 saturated heterocycles. The van der Waals surface area contributed by atoms with Gasteiger partial charge in [-0.05, 0) is 51.4 Å². The van der Waals surface area contributed by atoms with Crippen molar-refractivity contribution in [1.82, 2.24) is 10.6 Å². The molecule has 2 amide bonds. The Morgan fingerprint density at radius 2 is 2.15 bits per heavy atom. The van der Waals surface area contributed by atoms with Crippen LogP contribution in [0.2, 0.25) is 5.02 Å². The first-order valence-corrected chi connectivity index (χ1v) is 8.65. The molecule has 0 aliphatic carbocycles. The van der Waals surface area contributed by atoms with Crippen molar-refractivity contribution in [2.45, 2.75) is 38.4 Å². The number of hydrogen-bond donors (Lipinski definition) is 4. The third-order valence-electron chi connectivity index (χ3n) is 3.82. The lowest BCUT2D eigenvalue weighted by atomic mass is 9.94. The molecular weight excluding hydrogens is 381 g/mol. The molecule has 0 spiro atoms. The number of rotatable bonds is 5. The quantitative estimate of drug-likeness (QED) is 0.564. The monoisotopic (exact) mass is 405 g/mol. The normalized spacial score (nSPS) is 19.4. The molecule has 1 heterocycles. The molecule has 1 fully saturated rings. The standard InChI is InChI=1S/C17H24ClN3O4.ClH/c1-11(2)25-15(22)12-4-5-13(18)14(8-12)21-16(23)20-10-17(24)6-3-7-19-9-17;/h4-5,8,11,19,24H,3,6-7,9-10H2,1-2H3,(H2,20,21,23);1H.